The van der Waals surface area contributed by atoms with E-state index < -0.39 is 0 Å². The summed E-state index contributed by atoms with van der Waals surface area (Å²) >= 11 is 11.4. The van der Waals surface area contributed by atoms with Crippen LogP contribution >= 0.6 is 23.2 Å². The molecule has 0 radical (unpaired) electrons. The van der Waals surface area contributed by atoms with E-state index in [1.165, 1.54) is 0 Å². The maximum Gasteiger partial charge on any atom is 0.227 e. The molecule has 96 valence electrons. The van der Waals surface area contributed by atoms with Crippen LogP contribution in [0.4, 0.5) is 0 Å². The Morgan fingerprint density at radius 3 is 2.47 bits per heavy atom. The molecule has 1 aliphatic heterocycles. The van der Waals surface area contributed by atoms with Crippen LogP contribution in [0.1, 0.15) is 13.8 Å². The van der Waals surface area contributed by atoms with E-state index in [1.54, 1.807) is 6.08 Å². The molecule has 1 saturated heterocycles. The summed E-state index contributed by atoms with van der Waals surface area (Å²) in [5, 5.41) is 0. The normalized spacial score (nSPS) is 30.9. The van der Waals surface area contributed by atoms with Gasteiger partial charge in [0.2, 0.25) is 5.91 Å². The SMILES string of the molecule is CC1(C)C(C=C(Cl)Cl)C1C(=O)N1CCOCC1. The minimum atomic E-state index is -0.0373. The average Bonchev–Trinajstić information content (AvgIpc) is 2.80. The molecule has 5 heteroatoms. The highest BCUT2D eigenvalue weighted by molar-refractivity contribution is 6.55. The number of rotatable bonds is 2. The van der Waals surface area contributed by atoms with Gasteiger partial charge in [-0.25, -0.2) is 0 Å². The summed E-state index contributed by atoms with van der Waals surface area (Å²) in [6, 6.07) is 0. The predicted octanol–water partition coefficient (Wildman–Crippen LogP) is 2.44. The molecule has 0 N–H and O–H groups in total. The molecule has 1 amide bonds. The largest absolute Gasteiger partial charge is 0.378 e. The van der Waals surface area contributed by atoms with Crippen LogP contribution in [0.25, 0.3) is 0 Å². The highest BCUT2D eigenvalue weighted by Crippen LogP contribution is 2.60. The standard InChI is InChI=1S/C12H17Cl2NO2/c1-12(2)8(7-9(13)14)10(12)11(16)15-3-5-17-6-4-15/h7-8,10H,3-6H2,1-2H3. The van der Waals surface area contributed by atoms with Crippen molar-refractivity contribution in [2.45, 2.75) is 13.8 Å². The number of carbonyl (C=O) groups is 1. The third-order valence-corrected chi connectivity index (χ3v) is 4.06. The third kappa shape index (κ3) is 2.61. The second kappa shape index (κ2) is 4.79. The summed E-state index contributed by atoms with van der Waals surface area (Å²) in [5.74, 6) is 0.366. The van der Waals surface area contributed by atoms with Gasteiger partial charge in [0.05, 0.1) is 19.1 Å². The quantitative estimate of drug-likeness (QED) is 0.776. The van der Waals surface area contributed by atoms with Gasteiger partial charge in [0.15, 0.2) is 0 Å². The van der Waals surface area contributed by atoms with E-state index in [4.69, 9.17) is 27.9 Å². The Morgan fingerprint density at radius 2 is 1.94 bits per heavy atom. The summed E-state index contributed by atoms with van der Waals surface area (Å²) in [6.07, 6.45) is 1.78. The molecule has 2 fully saturated rings. The van der Waals surface area contributed by atoms with E-state index in [-0.39, 0.29) is 27.6 Å². The van der Waals surface area contributed by atoms with Crippen LogP contribution in [0.5, 0.6) is 0 Å². The maximum atomic E-state index is 12.3. The predicted molar refractivity (Wildman–Crippen MR) is 67.9 cm³/mol. The van der Waals surface area contributed by atoms with Crippen molar-refractivity contribution in [2.24, 2.45) is 17.3 Å². The van der Waals surface area contributed by atoms with Crippen molar-refractivity contribution in [2.75, 3.05) is 26.3 Å². The number of ether oxygens (including phenoxy) is 1. The second-order valence-corrected chi connectivity index (χ2v) is 6.23. The summed E-state index contributed by atoms with van der Waals surface area (Å²) in [5.41, 5.74) is -0.0373. The first-order valence-corrected chi connectivity index (χ1v) is 6.59. The van der Waals surface area contributed by atoms with Gasteiger partial charge < -0.3 is 9.64 Å². The molecule has 0 bridgehead atoms. The zero-order chi connectivity index (χ0) is 12.6. The number of hydrogen-bond donors (Lipinski definition) is 0. The lowest BCUT2D eigenvalue weighted by molar-refractivity contribution is -0.137. The highest BCUT2D eigenvalue weighted by atomic mass is 35.5. The first kappa shape index (κ1) is 13.2. The molecular weight excluding hydrogens is 261 g/mol. The van der Waals surface area contributed by atoms with Crippen LogP contribution < -0.4 is 0 Å². The Kier molecular flexibility index (Phi) is 3.71. The van der Waals surface area contributed by atoms with Crippen molar-refractivity contribution < 1.29 is 9.53 Å². The minimum Gasteiger partial charge on any atom is -0.378 e. The van der Waals surface area contributed by atoms with Gasteiger partial charge in [-0.2, -0.15) is 0 Å². The van der Waals surface area contributed by atoms with Crippen LogP contribution in [-0.2, 0) is 9.53 Å². The molecule has 1 aliphatic carbocycles. The first-order valence-electron chi connectivity index (χ1n) is 5.84. The van der Waals surface area contributed by atoms with Crippen LogP contribution in [0.15, 0.2) is 10.6 Å². The van der Waals surface area contributed by atoms with Gasteiger partial charge in [-0.3, -0.25) is 4.79 Å². The molecule has 17 heavy (non-hydrogen) atoms. The number of allylic oxidation sites excluding steroid dienone is 1. The molecule has 2 rings (SSSR count). The van der Waals surface area contributed by atoms with Gasteiger partial charge in [-0.15, -0.1) is 0 Å². The number of morpholine rings is 1. The summed E-state index contributed by atoms with van der Waals surface area (Å²) < 4.78 is 5.50. The van der Waals surface area contributed by atoms with Gasteiger partial charge >= 0.3 is 0 Å². The van der Waals surface area contributed by atoms with Crippen LogP contribution in [0.3, 0.4) is 0 Å². The summed E-state index contributed by atoms with van der Waals surface area (Å²) in [6.45, 7) is 6.81. The summed E-state index contributed by atoms with van der Waals surface area (Å²) in [4.78, 5) is 14.2. The van der Waals surface area contributed by atoms with Gasteiger partial charge in [0, 0.05) is 13.1 Å². The number of nitrogens with zero attached hydrogens (tertiary/aromatic N) is 1. The van der Waals surface area contributed by atoms with Crippen molar-refractivity contribution in [3.63, 3.8) is 0 Å². The van der Waals surface area contributed by atoms with E-state index in [0.717, 1.165) is 0 Å². The van der Waals surface area contributed by atoms with Crippen LogP contribution in [-0.4, -0.2) is 37.1 Å². The fraction of sp³-hybridized carbons (Fsp3) is 0.750. The van der Waals surface area contributed by atoms with E-state index in [1.807, 2.05) is 4.90 Å². The second-order valence-electron chi connectivity index (χ2n) is 5.22. The van der Waals surface area contributed by atoms with E-state index in [9.17, 15) is 4.79 Å². The monoisotopic (exact) mass is 277 g/mol. The number of carbonyl (C=O) groups excluding carboxylic acids is 1. The molecule has 0 aromatic carbocycles. The highest BCUT2D eigenvalue weighted by Gasteiger charge is 2.61. The lowest BCUT2D eigenvalue weighted by Crippen LogP contribution is -2.42. The van der Waals surface area contributed by atoms with Gasteiger partial charge in [0.25, 0.3) is 0 Å². The molecule has 2 atom stereocenters. The Hall–Kier alpha value is -0.250. The van der Waals surface area contributed by atoms with Gasteiger partial charge in [-0.05, 0) is 17.4 Å². The van der Waals surface area contributed by atoms with Crippen LogP contribution in [0.2, 0.25) is 0 Å². The molecular formula is C12H17Cl2NO2. The third-order valence-electron chi connectivity index (χ3n) is 3.81. The minimum absolute atomic E-state index is 0.00750. The zero-order valence-electron chi connectivity index (χ0n) is 10.1. The molecule has 0 aromatic heterocycles. The molecule has 1 saturated carbocycles. The number of hydrogen-bond acceptors (Lipinski definition) is 2. The Morgan fingerprint density at radius 1 is 1.35 bits per heavy atom. The summed E-state index contributed by atoms with van der Waals surface area (Å²) in [7, 11) is 0. The molecule has 0 spiro atoms. The van der Waals surface area contributed by atoms with Crippen molar-refractivity contribution in [1.29, 1.82) is 0 Å². The number of halogens is 2. The first-order chi connectivity index (χ1) is 7.94. The van der Waals surface area contributed by atoms with Crippen molar-refractivity contribution >= 4 is 29.1 Å². The molecule has 2 aliphatic rings. The Labute approximate surface area is 112 Å². The fourth-order valence-electron chi connectivity index (χ4n) is 2.58. The van der Waals surface area contributed by atoms with Gasteiger partial charge in [0.1, 0.15) is 4.49 Å². The Balaban J connectivity index is 2.03. The zero-order valence-corrected chi connectivity index (χ0v) is 11.6. The van der Waals surface area contributed by atoms with Crippen molar-refractivity contribution in [3.8, 4) is 0 Å². The lowest BCUT2D eigenvalue weighted by Gasteiger charge is -2.27. The van der Waals surface area contributed by atoms with E-state index in [2.05, 4.69) is 13.8 Å². The van der Waals surface area contributed by atoms with Crippen molar-refractivity contribution in [1.82, 2.24) is 4.90 Å². The smallest absolute Gasteiger partial charge is 0.227 e. The van der Waals surface area contributed by atoms with Gasteiger partial charge in [-0.1, -0.05) is 37.0 Å². The molecule has 1 heterocycles. The molecule has 3 nitrogen and oxygen atoms in total. The topological polar surface area (TPSA) is 29.5 Å². The van der Waals surface area contributed by atoms with E-state index >= 15 is 0 Å². The maximum absolute atomic E-state index is 12.3. The molecule has 2 unspecified atom stereocenters. The van der Waals surface area contributed by atoms with E-state index in [0.29, 0.717) is 26.3 Å². The van der Waals surface area contributed by atoms with Crippen molar-refractivity contribution in [3.05, 3.63) is 10.6 Å². The lowest BCUT2D eigenvalue weighted by atomic mass is 10.1. The number of amides is 1. The fourth-order valence-corrected chi connectivity index (χ4v) is 2.85. The Bertz CT molecular complexity index is 344. The molecule has 0 aromatic rings. The van der Waals surface area contributed by atoms with Crippen LogP contribution in [0, 0.1) is 17.3 Å². The average molecular weight is 278 g/mol.